The molecular weight excluding hydrogens is 588 g/mol. The number of nitrogens with one attached hydrogen (secondary N) is 2. The molecule has 1 saturated heterocycles. The van der Waals surface area contributed by atoms with Gasteiger partial charge in [-0.2, -0.15) is 0 Å². The number of anilines is 2. The highest BCUT2D eigenvalue weighted by Crippen LogP contribution is 2.45. The first kappa shape index (κ1) is 30.0. The number of nitro benzene ring substituents is 1. The summed E-state index contributed by atoms with van der Waals surface area (Å²) in [6, 6.07) is 17.0. The fourth-order valence-corrected chi connectivity index (χ4v) is 5.97. The third kappa shape index (κ3) is 5.65. The lowest BCUT2D eigenvalue weighted by Gasteiger charge is -2.28. The minimum Gasteiger partial charge on any atom is -0.495 e. The Labute approximate surface area is 259 Å². The smallest absolute Gasteiger partial charge is 0.271 e. The summed E-state index contributed by atoms with van der Waals surface area (Å²) < 4.78 is 7.55. The van der Waals surface area contributed by atoms with Crippen molar-refractivity contribution < 1.29 is 14.5 Å². The number of ether oxygens (including phenoxy) is 1. The van der Waals surface area contributed by atoms with Gasteiger partial charge >= 0.3 is 0 Å². The van der Waals surface area contributed by atoms with Crippen LogP contribution >= 0.6 is 23.8 Å². The van der Waals surface area contributed by atoms with Gasteiger partial charge in [0, 0.05) is 41.3 Å². The van der Waals surface area contributed by atoms with E-state index in [0.717, 1.165) is 28.3 Å². The van der Waals surface area contributed by atoms with Crippen LogP contribution < -0.4 is 20.3 Å². The number of carbonyl (C=O) groups is 1. The molecule has 0 saturated carbocycles. The molecule has 1 amide bonds. The third-order valence-electron chi connectivity index (χ3n) is 7.51. The van der Waals surface area contributed by atoms with Crippen molar-refractivity contribution in [2.45, 2.75) is 39.8 Å². The van der Waals surface area contributed by atoms with Crippen LogP contribution in [-0.2, 0) is 4.79 Å². The lowest BCUT2D eigenvalue weighted by molar-refractivity contribution is -0.384. The summed E-state index contributed by atoms with van der Waals surface area (Å²) in [6.45, 7) is 7.54. The molecule has 0 radical (unpaired) electrons. The average Bonchev–Trinajstić information content (AvgIpc) is 3.48. The highest BCUT2D eigenvalue weighted by molar-refractivity contribution is 7.80. The summed E-state index contributed by atoms with van der Waals surface area (Å²) in [5.41, 5.74) is 5.19. The highest BCUT2D eigenvalue weighted by Gasteiger charge is 2.42. The van der Waals surface area contributed by atoms with E-state index in [1.54, 1.807) is 24.4 Å². The van der Waals surface area contributed by atoms with Crippen molar-refractivity contribution in [2.24, 2.45) is 5.92 Å². The largest absolute Gasteiger partial charge is 0.495 e. The Kier molecular flexibility index (Phi) is 8.38. The number of nitrogens with zero attached hydrogens (tertiary/aromatic N) is 4. The molecule has 0 aliphatic carbocycles. The Balaban J connectivity index is 1.66. The van der Waals surface area contributed by atoms with Crippen LogP contribution in [0.3, 0.4) is 0 Å². The first-order valence-corrected chi connectivity index (χ1v) is 14.4. The lowest BCUT2D eigenvalue weighted by atomic mass is 9.96. The van der Waals surface area contributed by atoms with Gasteiger partial charge in [-0.3, -0.25) is 19.9 Å². The number of rotatable bonds is 8. The van der Waals surface area contributed by atoms with E-state index in [1.807, 2.05) is 61.4 Å². The zero-order valence-electron chi connectivity index (χ0n) is 24.3. The standard InChI is InChI=1S/C31H31ClN6O4S/c1-17(2)30(39)34-24-11-9-20(15-23(24)32)37-29(28(35-31(37)43)25-8-6-7-13-33-25)22-14-18(3)36(19(22)4)26-16-21(38(40)41)10-12-27(26)42-5/h6-17,28-29H,1-5H3,(H,34,39)(H,35,43)/t28-,29-/m0/s1. The van der Waals surface area contributed by atoms with E-state index in [0.29, 0.717) is 27.3 Å². The van der Waals surface area contributed by atoms with Crippen LogP contribution in [0.1, 0.15) is 48.6 Å². The van der Waals surface area contributed by atoms with Gasteiger partial charge in [0.1, 0.15) is 5.75 Å². The van der Waals surface area contributed by atoms with E-state index < -0.39 is 4.92 Å². The van der Waals surface area contributed by atoms with Crippen LogP contribution in [-0.4, -0.2) is 32.6 Å². The second kappa shape index (κ2) is 12.0. The fourth-order valence-electron chi connectivity index (χ4n) is 5.41. The Morgan fingerprint density at radius 1 is 1.16 bits per heavy atom. The molecule has 1 fully saturated rings. The van der Waals surface area contributed by atoms with Crippen LogP contribution in [0.2, 0.25) is 5.02 Å². The minimum atomic E-state index is -0.423. The number of aryl methyl sites for hydroxylation is 1. The number of non-ortho nitro benzene ring substituents is 1. The van der Waals surface area contributed by atoms with Crippen molar-refractivity contribution in [1.29, 1.82) is 0 Å². The molecule has 12 heteroatoms. The number of benzene rings is 2. The van der Waals surface area contributed by atoms with Gasteiger partial charge in [0.15, 0.2) is 5.11 Å². The molecule has 0 spiro atoms. The molecule has 0 bridgehead atoms. The summed E-state index contributed by atoms with van der Waals surface area (Å²) in [5, 5.41) is 18.8. The van der Waals surface area contributed by atoms with Crippen LogP contribution in [0.25, 0.3) is 5.69 Å². The maximum Gasteiger partial charge on any atom is 0.271 e. The van der Waals surface area contributed by atoms with Crippen molar-refractivity contribution in [1.82, 2.24) is 14.9 Å². The quantitative estimate of drug-likeness (QED) is 0.125. The van der Waals surface area contributed by atoms with Gasteiger partial charge in [-0.15, -0.1) is 0 Å². The van der Waals surface area contributed by atoms with E-state index in [9.17, 15) is 14.9 Å². The zero-order valence-corrected chi connectivity index (χ0v) is 25.9. The second-order valence-electron chi connectivity index (χ2n) is 10.6. The molecule has 5 rings (SSSR count). The molecule has 10 nitrogen and oxygen atoms in total. The average molecular weight is 619 g/mol. The third-order valence-corrected chi connectivity index (χ3v) is 8.14. The predicted molar refractivity (Wildman–Crippen MR) is 171 cm³/mol. The molecule has 1 aliphatic rings. The van der Waals surface area contributed by atoms with Gasteiger partial charge in [-0.05, 0) is 74.1 Å². The monoisotopic (exact) mass is 618 g/mol. The van der Waals surface area contributed by atoms with Gasteiger partial charge in [-0.1, -0.05) is 31.5 Å². The van der Waals surface area contributed by atoms with Crippen molar-refractivity contribution in [3.05, 3.63) is 105 Å². The molecule has 2 aromatic heterocycles. The number of hydrogen-bond donors (Lipinski definition) is 2. The predicted octanol–water partition coefficient (Wildman–Crippen LogP) is 6.83. The summed E-state index contributed by atoms with van der Waals surface area (Å²) in [6.07, 6.45) is 1.74. The van der Waals surface area contributed by atoms with Gasteiger partial charge in [0.25, 0.3) is 5.69 Å². The molecule has 2 atom stereocenters. The molecular formula is C31H31ClN6O4S. The molecule has 4 aromatic rings. The van der Waals surface area contributed by atoms with E-state index >= 15 is 0 Å². The van der Waals surface area contributed by atoms with Crippen molar-refractivity contribution in [3.8, 4) is 11.4 Å². The normalized spacial score (nSPS) is 16.3. The first-order valence-electron chi connectivity index (χ1n) is 13.6. The van der Waals surface area contributed by atoms with E-state index in [1.165, 1.54) is 19.2 Å². The van der Waals surface area contributed by atoms with E-state index in [4.69, 9.17) is 28.6 Å². The number of pyridine rings is 1. The van der Waals surface area contributed by atoms with Gasteiger partial charge < -0.3 is 24.8 Å². The number of hydrogen-bond acceptors (Lipinski definition) is 6. The van der Waals surface area contributed by atoms with Crippen molar-refractivity contribution >= 4 is 51.9 Å². The number of aromatic nitrogens is 2. The van der Waals surface area contributed by atoms with Gasteiger partial charge in [-0.25, -0.2) is 0 Å². The maximum atomic E-state index is 12.3. The number of nitro groups is 1. The molecule has 3 heterocycles. The Morgan fingerprint density at radius 3 is 2.56 bits per heavy atom. The van der Waals surface area contributed by atoms with Gasteiger partial charge in [0.2, 0.25) is 5.91 Å². The lowest BCUT2D eigenvalue weighted by Crippen LogP contribution is -2.29. The first-order chi connectivity index (χ1) is 20.5. The molecule has 2 aromatic carbocycles. The molecule has 43 heavy (non-hydrogen) atoms. The van der Waals surface area contributed by atoms with Crippen molar-refractivity contribution in [2.75, 3.05) is 17.3 Å². The zero-order chi connectivity index (χ0) is 31.0. The summed E-state index contributed by atoms with van der Waals surface area (Å²) in [5.74, 6) is 0.169. The van der Waals surface area contributed by atoms with E-state index in [-0.39, 0.29) is 29.6 Å². The van der Waals surface area contributed by atoms with Crippen LogP contribution in [0.5, 0.6) is 5.75 Å². The molecule has 222 valence electrons. The summed E-state index contributed by atoms with van der Waals surface area (Å²) >= 11 is 12.6. The van der Waals surface area contributed by atoms with Crippen LogP contribution in [0.15, 0.2) is 66.9 Å². The number of carbonyl (C=O) groups excluding carboxylic acids is 1. The molecule has 1 aliphatic heterocycles. The van der Waals surface area contributed by atoms with Crippen molar-refractivity contribution in [3.63, 3.8) is 0 Å². The Hall–Kier alpha value is -4.48. The number of methoxy groups -OCH3 is 1. The van der Waals surface area contributed by atoms with E-state index in [2.05, 4.69) is 21.7 Å². The number of halogens is 1. The number of thiocarbonyl (C=S) groups is 1. The Morgan fingerprint density at radius 2 is 1.93 bits per heavy atom. The second-order valence-corrected chi connectivity index (χ2v) is 11.4. The van der Waals surface area contributed by atoms with Crippen LogP contribution in [0.4, 0.5) is 17.1 Å². The van der Waals surface area contributed by atoms with Gasteiger partial charge in [0.05, 0.1) is 46.2 Å². The minimum absolute atomic E-state index is 0.0409. The summed E-state index contributed by atoms with van der Waals surface area (Å²) in [7, 11) is 1.54. The highest BCUT2D eigenvalue weighted by atomic mass is 35.5. The Bertz CT molecular complexity index is 1720. The van der Waals surface area contributed by atoms with Crippen LogP contribution in [0, 0.1) is 29.9 Å². The molecule has 2 N–H and O–H groups in total. The fraction of sp³-hybridized carbons (Fsp3) is 0.258. The topological polar surface area (TPSA) is 115 Å². The molecule has 0 unspecified atom stereocenters. The number of amides is 1. The maximum absolute atomic E-state index is 12.3. The summed E-state index contributed by atoms with van der Waals surface area (Å²) in [4.78, 5) is 30.2. The SMILES string of the molecule is COc1ccc([N+](=O)[O-])cc1-n1c(C)cc([C@H]2[C@H](c3ccccn3)NC(=S)N2c2ccc(NC(=O)C(C)C)c(Cl)c2)c1C.